The lowest BCUT2D eigenvalue weighted by Crippen LogP contribution is -2.52. The smallest absolute Gasteiger partial charge is 0.250 e. The zero-order valence-electron chi connectivity index (χ0n) is 16.2. The summed E-state index contributed by atoms with van der Waals surface area (Å²) in [5.74, 6) is 1.12. The molecule has 1 aromatic carbocycles. The minimum absolute atomic E-state index is 0.0604. The lowest BCUT2D eigenvalue weighted by Gasteiger charge is -2.43. The second kappa shape index (κ2) is 8.21. The Bertz CT molecular complexity index is 1010. The molecule has 2 unspecified atom stereocenters. The van der Waals surface area contributed by atoms with E-state index in [1.54, 1.807) is 19.3 Å². The van der Waals surface area contributed by atoms with Crippen molar-refractivity contribution in [3.8, 4) is 5.75 Å². The number of likely N-dealkylation sites (tertiary alicyclic amines) is 1. The topological polar surface area (TPSA) is 63.6 Å². The third kappa shape index (κ3) is 4.24. The third-order valence-corrected chi connectivity index (χ3v) is 5.90. The van der Waals surface area contributed by atoms with Crippen LogP contribution in [0.4, 0.5) is 0 Å². The first-order valence-corrected chi connectivity index (χ1v) is 10.1. The summed E-state index contributed by atoms with van der Waals surface area (Å²) in [5.41, 5.74) is 2.03. The number of carbonyl (C=O) groups excluding carboxylic acids is 1. The molecule has 1 amide bonds. The van der Waals surface area contributed by atoms with Gasteiger partial charge >= 0.3 is 0 Å². The Balaban J connectivity index is 1.38. The van der Waals surface area contributed by atoms with Crippen molar-refractivity contribution < 1.29 is 9.53 Å². The number of fused-ring (bicyclic) bond motifs is 4. The van der Waals surface area contributed by atoms with Gasteiger partial charge in [0.2, 0.25) is 5.91 Å². The normalized spacial score (nSPS) is 20.2. The molecule has 29 heavy (non-hydrogen) atoms. The van der Waals surface area contributed by atoms with Gasteiger partial charge in [-0.2, -0.15) is 0 Å². The molecule has 1 aromatic heterocycles. The minimum Gasteiger partial charge on any atom is -0.497 e. The maximum atomic E-state index is 12.3. The maximum Gasteiger partial charge on any atom is 0.250 e. The van der Waals surface area contributed by atoms with Gasteiger partial charge < -0.3 is 14.2 Å². The van der Waals surface area contributed by atoms with Gasteiger partial charge in [0.15, 0.2) is 5.11 Å². The SMILES string of the molecule is COc1ccc(C=CC(=O)NC(=S)N2CC3CC(C2)c2cccc(=O)n2C3)cc1. The van der Waals surface area contributed by atoms with Gasteiger partial charge in [-0.25, -0.2) is 0 Å². The molecule has 0 saturated carbocycles. The molecule has 6 nitrogen and oxygen atoms in total. The van der Waals surface area contributed by atoms with Crippen LogP contribution in [-0.4, -0.2) is 40.7 Å². The molecule has 4 rings (SSSR count). The number of pyridine rings is 1. The summed E-state index contributed by atoms with van der Waals surface area (Å²) < 4.78 is 7.01. The molecular weight excluding hydrogens is 386 g/mol. The molecule has 0 spiro atoms. The van der Waals surface area contributed by atoms with Gasteiger partial charge in [-0.3, -0.25) is 14.9 Å². The van der Waals surface area contributed by atoms with Crippen molar-refractivity contribution in [2.24, 2.45) is 5.92 Å². The van der Waals surface area contributed by atoms with E-state index in [0.29, 0.717) is 24.1 Å². The number of methoxy groups -OCH3 is 1. The Labute approximate surface area is 174 Å². The average molecular weight is 410 g/mol. The molecule has 7 heteroatoms. The molecular formula is C22H23N3O3S. The van der Waals surface area contributed by atoms with Crippen LogP contribution in [0.1, 0.15) is 23.6 Å². The number of benzene rings is 1. The first kappa shape index (κ1) is 19.4. The number of amides is 1. The summed E-state index contributed by atoms with van der Waals surface area (Å²) in [6.07, 6.45) is 4.27. The number of hydrogen-bond acceptors (Lipinski definition) is 4. The Morgan fingerprint density at radius 3 is 2.72 bits per heavy atom. The first-order chi connectivity index (χ1) is 14.0. The molecule has 0 radical (unpaired) electrons. The number of nitrogens with zero attached hydrogens (tertiary/aromatic N) is 2. The van der Waals surface area contributed by atoms with Crippen molar-refractivity contribution in [2.75, 3.05) is 20.2 Å². The summed E-state index contributed by atoms with van der Waals surface area (Å²) in [6, 6.07) is 12.9. The van der Waals surface area contributed by atoms with Gasteiger partial charge in [-0.1, -0.05) is 18.2 Å². The predicted octanol–water partition coefficient (Wildman–Crippen LogP) is 2.39. The van der Waals surface area contributed by atoms with Crippen LogP contribution in [0.2, 0.25) is 0 Å². The second-order valence-electron chi connectivity index (χ2n) is 7.50. The zero-order valence-corrected chi connectivity index (χ0v) is 17.0. The fourth-order valence-electron chi connectivity index (χ4n) is 4.18. The van der Waals surface area contributed by atoms with E-state index in [4.69, 9.17) is 17.0 Å². The quantitative estimate of drug-likeness (QED) is 0.623. The van der Waals surface area contributed by atoms with Crippen LogP contribution < -0.4 is 15.6 Å². The molecule has 2 atom stereocenters. The fourth-order valence-corrected chi connectivity index (χ4v) is 4.43. The van der Waals surface area contributed by atoms with Gasteiger partial charge in [0.25, 0.3) is 5.56 Å². The van der Waals surface area contributed by atoms with E-state index in [1.807, 2.05) is 45.9 Å². The van der Waals surface area contributed by atoms with Crippen LogP contribution in [0.3, 0.4) is 0 Å². The van der Waals surface area contributed by atoms with Crippen LogP contribution in [0.25, 0.3) is 6.08 Å². The van der Waals surface area contributed by atoms with Crippen molar-refractivity contribution >= 4 is 29.3 Å². The van der Waals surface area contributed by atoms with E-state index in [1.165, 1.54) is 6.08 Å². The Hall–Kier alpha value is -2.93. The Morgan fingerprint density at radius 1 is 1.17 bits per heavy atom. The number of carbonyl (C=O) groups is 1. The number of nitrogens with one attached hydrogen (secondary N) is 1. The number of piperidine rings is 1. The van der Waals surface area contributed by atoms with E-state index >= 15 is 0 Å². The van der Waals surface area contributed by atoms with E-state index in [2.05, 4.69) is 5.32 Å². The fraction of sp³-hybridized carbons (Fsp3) is 0.318. The molecule has 2 aliphatic heterocycles. The van der Waals surface area contributed by atoms with E-state index in [9.17, 15) is 9.59 Å². The molecule has 0 aliphatic carbocycles. The highest BCUT2D eigenvalue weighted by Gasteiger charge is 2.35. The van der Waals surface area contributed by atoms with Crippen molar-refractivity contribution in [2.45, 2.75) is 18.9 Å². The van der Waals surface area contributed by atoms with Crippen molar-refractivity contribution in [1.29, 1.82) is 0 Å². The van der Waals surface area contributed by atoms with Crippen LogP contribution in [-0.2, 0) is 11.3 Å². The molecule has 1 fully saturated rings. The summed E-state index contributed by atoms with van der Waals surface area (Å²) in [6.45, 7) is 2.16. The molecule has 150 valence electrons. The second-order valence-corrected chi connectivity index (χ2v) is 7.89. The van der Waals surface area contributed by atoms with Gasteiger partial charge in [0.05, 0.1) is 7.11 Å². The highest BCUT2D eigenvalue weighted by molar-refractivity contribution is 7.80. The lowest BCUT2D eigenvalue weighted by atomic mass is 9.83. The van der Waals surface area contributed by atoms with Crippen molar-refractivity contribution in [1.82, 2.24) is 14.8 Å². The summed E-state index contributed by atoms with van der Waals surface area (Å²) in [4.78, 5) is 26.5. The Kier molecular flexibility index (Phi) is 5.49. The highest BCUT2D eigenvalue weighted by Crippen LogP contribution is 2.34. The third-order valence-electron chi connectivity index (χ3n) is 5.54. The van der Waals surface area contributed by atoms with Crippen LogP contribution in [0, 0.1) is 5.92 Å². The average Bonchev–Trinajstić information content (AvgIpc) is 2.73. The number of thiocarbonyl (C=S) groups is 1. The van der Waals surface area contributed by atoms with Crippen LogP contribution in [0.15, 0.2) is 53.3 Å². The van der Waals surface area contributed by atoms with Crippen molar-refractivity contribution in [3.05, 3.63) is 70.2 Å². The lowest BCUT2D eigenvalue weighted by molar-refractivity contribution is -0.115. The molecule has 1 saturated heterocycles. The summed E-state index contributed by atoms with van der Waals surface area (Å²) >= 11 is 5.49. The standard InChI is InChI=1S/C22H23N3O3S/c1-28-18-8-5-15(6-9-18)7-10-20(26)23-22(29)24-12-16-11-17(14-24)19-3-2-4-21(27)25(19)13-16/h2-10,16-17H,11-14H2,1H3,(H,23,26,29). The first-order valence-electron chi connectivity index (χ1n) is 9.65. The molecule has 2 bridgehead atoms. The largest absolute Gasteiger partial charge is 0.497 e. The Morgan fingerprint density at radius 2 is 1.97 bits per heavy atom. The monoisotopic (exact) mass is 409 g/mol. The van der Waals surface area contributed by atoms with Gasteiger partial charge in [0.1, 0.15) is 5.75 Å². The van der Waals surface area contributed by atoms with E-state index in [0.717, 1.165) is 30.0 Å². The number of rotatable bonds is 3. The predicted molar refractivity (Wildman–Crippen MR) is 116 cm³/mol. The van der Waals surface area contributed by atoms with E-state index in [-0.39, 0.29) is 17.4 Å². The van der Waals surface area contributed by atoms with E-state index < -0.39 is 0 Å². The van der Waals surface area contributed by atoms with Crippen LogP contribution in [0.5, 0.6) is 5.75 Å². The molecule has 2 aromatic rings. The summed E-state index contributed by atoms with van der Waals surface area (Å²) in [5, 5.41) is 3.25. The molecule has 1 N–H and O–H groups in total. The maximum absolute atomic E-state index is 12.3. The van der Waals surface area contributed by atoms with Gasteiger partial charge in [0, 0.05) is 43.4 Å². The minimum atomic E-state index is -0.252. The molecule has 3 heterocycles. The van der Waals surface area contributed by atoms with Crippen molar-refractivity contribution in [3.63, 3.8) is 0 Å². The molecule has 2 aliphatic rings. The highest BCUT2D eigenvalue weighted by atomic mass is 32.1. The van der Waals surface area contributed by atoms with Gasteiger partial charge in [-0.05, 0) is 54.4 Å². The zero-order chi connectivity index (χ0) is 20.4. The number of aromatic nitrogens is 1. The number of hydrogen-bond donors (Lipinski definition) is 1. The summed E-state index contributed by atoms with van der Waals surface area (Å²) in [7, 11) is 1.62. The van der Waals surface area contributed by atoms with Gasteiger partial charge in [-0.15, -0.1) is 0 Å². The number of ether oxygens (including phenoxy) is 1. The van der Waals surface area contributed by atoms with Crippen LogP contribution >= 0.6 is 12.2 Å².